The molecule has 4 heterocycles. The van der Waals surface area contributed by atoms with Gasteiger partial charge in [-0.1, -0.05) is 13.8 Å². The Hall–Kier alpha value is -1.67. The summed E-state index contributed by atoms with van der Waals surface area (Å²) in [5.74, 6) is 3.95. The standard InChI is InChI=1S/C22H36N6OS/c1-16-11-17(2)15-28(14-16)20-12-19(27-8-4-3-5-9-27)24-21(25-20)26-22(30)23-13-18-7-6-10-29-18/h12,16-18H,3-11,13-15H2,1-2H3,(H2,23,24,25,26,30)/t16-,17-,18+/m1/s1. The van der Waals surface area contributed by atoms with E-state index in [0.717, 1.165) is 63.8 Å². The van der Waals surface area contributed by atoms with E-state index in [1.807, 2.05) is 0 Å². The molecule has 0 saturated carbocycles. The molecule has 8 heteroatoms. The molecule has 3 aliphatic rings. The first kappa shape index (κ1) is 21.6. The lowest BCUT2D eigenvalue weighted by atomic mass is 9.92. The van der Waals surface area contributed by atoms with Gasteiger partial charge < -0.3 is 25.2 Å². The molecule has 0 aliphatic carbocycles. The van der Waals surface area contributed by atoms with Gasteiger partial charge in [0.2, 0.25) is 5.95 Å². The zero-order valence-corrected chi connectivity index (χ0v) is 19.2. The largest absolute Gasteiger partial charge is 0.376 e. The second-order valence-corrected chi connectivity index (χ2v) is 9.68. The minimum Gasteiger partial charge on any atom is -0.376 e. The van der Waals surface area contributed by atoms with Crippen molar-refractivity contribution < 1.29 is 4.74 Å². The predicted molar refractivity (Wildman–Crippen MR) is 126 cm³/mol. The first-order valence-corrected chi connectivity index (χ1v) is 12.0. The number of anilines is 3. The van der Waals surface area contributed by atoms with E-state index < -0.39 is 0 Å². The zero-order chi connectivity index (χ0) is 20.9. The van der Waals surface area contributed by atoms with Crippen LogP contribution in [-0.4, -0.2) is 60.5 Å². The number of nitrogens with zero attached hydrogens (tertiary/aromatic N) is 4. The molecule has 3 fully saturated rings. The Bertz CT molecular complexity index is 710. The van der Waals surface area contributed by atoms with E-state index in [-0.39, 0.29) is 6.10 Å². The highest BCUT2D eigenvalue weighted by Crippen LogP contribution is 2.29. The van der Waals surface area contributed by atoms with Gasteiger partial charge in [0.1, 0.15) is 11.6 Å². The maximum atomic E-state index is 5.68. The Morgan fingerprint density at radius 1 is 1.07 bits per heavy atom. The zero-order valence-electron chi connectivity index (χ0n) is 18.4. The van der Waals surface area contributed by atoms with Crippen LogP contribution in [0.25, 0.3) is 0 Å². The van der Waals surface area contributed by atoms with Crippen LogP contribution < -0.4 is 20.4 Å². The number of rotatable bonds is 5. The molecule has 2 N–H and O–H groups in total. The summed E-state index contributed by atoms with van der Waals surface area (Å²) in [7, 11) is 0. The van der Waals surface area contributed by atoms with Crippen molar-refractivity contribution >= 4 is 34.9 Å². The lowest BCUT2D eigenvalue weighted by molar-refractivity contribution is 0.114. The van der Waals surface area contributed by atoms with Gasteiger partial charge in [0, 0.05) is 45.4 Å². The predicted octanol–water partition coefficient (Wildman–Crippen LogP) is 3.41. The maximum Gasteiger partial charge on any atom is 0.232 e. The van der Waals surface area contributed by atoms with Crippen molar-refractivity contribution in [1.82, 2.24) is 15.3 Å². The third kappa shape index (κ3) is 5.72. The quantitative estimate of drug-likeness (QED) is 0.686. The Kier molecular flexibility index (Phi) is 7.25. The molecule has 0 spiro atoms. The molecule has 1 aromatic rings. The van der Waals surface area contributed by atoms with Gasteiger partial charge in [-0.3, -0.25) is 0 Å². The van der Waals surface area contributed by atoms with Crippen molar-refractivity contribution in [3.8, 4) is 0 Å². The molecule has 0 amide bonds. The van der Waals surface area contributed by atoms with Crippen molar-refractivity contribution in [3.63, 3.8) is 0 Å². The molecule has 7 nitrogen and oxygen atoms in total. The molecule has 3 saturated heterocycles. The number of ether oxygens (including phenoxy) is 1. The smallest absolute Gasteiger partial charge is 0.232 e. The van der Waals surface area contributed by atoms with Gasteiger partial charge >= 0.3 is 0 Å². The molecule has 4 rings (SSSR count). The van der Waals surface area contributed by atoms with E-state index in [0.29, 0.717) is 22.9 Å². The van der Waals surface area contributed by atoms with Gasteiger partial charge in [-0.2, -0.15) is 9.97 Å². The fourth-order valence-electron chi connectivity index (χ4n) is 4.93. The van der Waals surface area contributed by atoms with Gasteiger partial charge in [-0.15, -0.1) is 0 Å². The fourth-order valence-corrected chi connectivity index (χ4v) is 5.11. The van der Waals surface area contributed by atoms with Crippen molar-refractivity contribution in [2.75, 3.05) is 54.4 Å². The summed E-state index contributed by atoms with van der Waals surface area (Å²) in [6, 6.07) is 2.17. The van der Waals surface area contributed by atoms with Crippen LogP contribution in [0.1, 0.15) is 52.4 Å². The topological polar surface area (TPSA) is 65.5 Å². The van der Waals surface area contributed by atoms with Crippen molar-refractivity contribution in [2.45, 2.75) is 58.5 Å². The highest BCUT2D eigenvalue weighted by Gasteiger charge is 2.25. The summed E-state index contributed by atoms with van der Waals surface area (Å²) in [5.41, 5.74) is 0. The van der Waals surface area contributed by atoms with Gasteiger partial charge in [0.25, 0.3) is 0 Å². The summed E-state index contributed by atoms with van der Waals surface area (Å²) in [5, 5.41) is 7.07. The summed E-state index contributed by atoms with van der Waals surface area (Å²) < 4.78 is 5.68. The SMILES string of the molecule is C[C@@H]1C[C@@H](C)CN(c2cc(N3CCCCC3)nc(NC(=S)NC[C@@H]3CCCO3)n2)C1. The number of thiocarbonyl (C=S) groups is 1. The Balaban J connectivity index is 1.49. The van der Waals surface area contributed by atoms with Crippen molar-refractivity contribution in [2.24, 2.45) is 11.8 Å². The van der Waals surface area contributed by atoms with Gasteiger partial charge in [0.05, 0.1) is 6.10 Å². The summed E-state index contributed by atoms with van der Waals surface area (Å²) >= 11 is 5.52. The maximum absolute atomic E-state index is 5.68. The number of aromatic nitrogens is 2. The van der Waals surface area contributed by atoms with Crippen LogP contribution in [0.3, 0.4) is 0 Å². The third-order valence-electron chi connectivity index (χ3n) is 6.31. The lowest BCUT2D eigenvalue weighted by Crippen LogP contribution is -2.40. The van der Waals surface area contributed by atoms with E-state index in [2.05, 4.69) is 40.3 Å². The van der Waals surface area contributed by atoms with Crippen molar-refractivity contribution in [3.05, 3.63) is 6.07 Å². The number of hydrogen-bond donors (Lipinski definition) is 2. The minimum atomic E-state index is 0.247. The molecule has 3 aliphatic heterocycles. The van der Waals surface area contributed by atoms with E-state index in [1.165, 1.54) is 25.7 Å². The molecule has 166 valence electrons. The van der Waals surface area contributed by atoms with Crippen molar-refractivity contribution in [1.29, 1.82) is 0 Å². The molecule has 0 aromatic carbocycles. The number of piperidine rings is 2. The normalized spacial score (nSPS) is 27.2. The number of hydrogen-bond acceptors (Lipinski definition) is 6. The van der Waals surface area contributed by atoms with Crippen LogP contribution in [-0.2, 0) is 4.74 Å². The van der Waals surface area contributed by atoms with E-state index in [4.69, 9.17) is 26.9 Å². The third-order valence-corrected chi connectivity index (χ3v) is 6.56. The highest BCUT2D eigenvalue weighted by atomic mass is 32.1. The van der Waals surface area contributed by atoms with Crippen LogP contribution in [0.5, 0.6) is 0 Å². The number of nitrogens with one attached hydrogen (secondary N) is 2. The summed E-state index contributed by atoms with van der Waals surface area (Å²) in [6.45, 7) is 10.4. The van der Waals surface area contributed by atoms with Crippen LogP contribution in [0, 0.1) is 11.8 Å². The summed E-state index contributed by atoms with van der Waals surface area (Å²) in [6.07, 6.45) is 7.50. The molecule has 1 aromatic heterocycles. The lowest BCUT2D eigenvalue weighted by Gasteiger charge is -2.36. The van der Waals surface area contributed by atoms with Crippen LogP contribution in [0.4, 0.5) is 17.6 Å². The fraction of sp³-hybridized carbons (Fsp3) is 0.773. The van der Waals surface area contributed by atoms with Gasteiger partial charge in [0.15, 0.2) is 5.11 Å². The average Bonchev–Trinajstić information content (AvgIpc) is 3.26. The molecule has 0 radical (unpaired) electrons. The first-order valence-electron chi connectivity index (χ1n) is 11.6. The van der Waals surface area contributed by atoms with Crippen LogP contribution >= 0.6 is 12.2 Å². The van der Waals surface area contributed by atoms with Gasteiger partial charge in [-0.05, 0) is 62.6 Å². The Morgan fingerprint density at radius 3 is 2.43 bits per heavy atom. The second kappa shape index (κ2) is 10.1. The van der Waals surface area contributed by atoms with E-state index in [9.17, 15) is 0 Å². The van der Waals surface area contributed by atoms with Gasteiger partial charge in [-0.25, -0.2) is 0 Å². The minimum absolute atomic E-state index is 0.247. The van der Waals surface area contributed by atoms with E-state index >= 15 is 0 Å². The Labute approximate surface area is 186 Å². The van der Waals surface area contributed by atoms with E-state index in [1.54, 1.807) is 0 Å². The molecule has 0 unspecified atom stereocenters. The summed E-state index contributed by atoms with van der Waals surface area (Å²) in [4.78, 5) is 14.5. The average molecular weight is 433 g/mol. The molecular weight excluding hydrogens is 396 g/mol. The second-order valence-electron chi connectivity index (χ2n) is 9.28. The molecule has 3 atom stereocenters. The molecular formula is C22H36N6OS. The molecule has 30 heavy (non-hydrogen) atoms. The monoisotopic (exact) mass is 432 g/mol. The van der Waals surface area contributed by atoms with Crippen LogP contribution in [0.2, 0.25) is 0 Å². The van der Waals surface area contributed by atoms with Crippen LogP contribution in [0.15, 0.2) is 6.07 Å². The first-order chi connectivity index (χ1) is 14.6. The molecule has 0 bridgehead atoms. The highest BCUT2D eigenvalue weighted by molar-refractivity contribution is 7.80. The Morgan fingerprint density at radius 2 is 1.77 bits per heavy atom.